The van der Waals surface area contributed by atoms with E-state index in [9.17, 15) is 18.0 Å². The maximum absolute atomic E-state index is 13.1. The standard InChI is InChI=1S/C16H15F3N2O2/c1-23-14-7-4-5-12(16(17,18)19)11(14)8-10-21-15(22)13-6-2-3-9-20-13/h2-7,9H,8,10H2,1H3,(H,21,22). The van der Waals surface area contributed by atoms with Crippen LogP contribution in [-0.2, 0) is 12.6 Å². The fraction of sp³-hybridized carbons (Fsp3) is 0.250. The number of pyridine rings is 1. The van der Waals surface area contributed by atoms with Crippen LogP contribution in [0.3, 0.4) is 0 Å². The van der Waals surface area contributed by atoms with Gasteiger partial charge in [-0.1, -0.05) is 12.1 Å². The van der Waals surface area contributed by atoms with Crippen LogP contribution in [0.15, 0.2) is 42.6 Å². The van der Waals surface area contributed by atoms with E-state index in [-0.39, 0.29) is 30.0 Å². The minimum atomic E-state index is -4.48. The van der Waals surface area contributed by atoms with Crippen molar-refractivity contribution in [1.29, 1.82) is 0 Å². The van der Waals surface area contributed by atoms with Gasteiger partial charge < -0.3 is 10.1 Å². The van der Waals surface area contributed by atoms with Crippen molar-refractivity contribution in [3.05, 3.63) is 59.4 Å². The molecule has 2 aromatic rings. The van der Waals surface area contributed by atoms with Gasteiger partial charge in [0.1, 0.15) is 11.4 Å². The molecule has 1 heterocycles. The van der Waals surface area contributed by atoms with Crippen molar-refractivity contribution in [2.75, 3.05) is 13.7 Å². The number of carbonyl (C=O) groups is 1. The molecule has 0 fully saturated rings. The molecule has 0 unspecified atom stereocenters. The topological polar surface area (TPSA) is 51.2 Å². The van der Waals surface area contributed by atoms with Crippen molar-refractivity contribution in [2.24, 2.45) is 0 Å². The molecular formula is C16H15F3N2O2. The Kier molecular flexibility index (Phi) is 5.20. The van der Waals surface area contributed by atoms with Gasteiger partial charge in [0.25, 0.3) is 5.91 Å². The highest BCUT2D eigenvalue weighted by molar-refractivity contribution is 5.92. The second-order valence-corrected chi connectivity index (χ2v) is 4.71. The highest BCUT2D eigenvalue weighted by Gasteiger charge is 2.34. The molecule has 1 aromatic heterocycles. The number of nitrogens with one attached hydrogen (secondary N) is 1. The Labute approximate surface area is 131 Å². The first-order chi connectivity index (χ1) is 10.9. The number of nitrogens with zero attached hydrogens (tertiary/aromatic N) is 1. The van der Waals surface area contributed by atoms with Crippen LogP contribution >= 0.6 is 0 Å². The highest BCUT2D eigenvalue weighted by atomic mass is 19.4. The predicted octanol–water partition coefficient (Wildman–Crippen LogP) is 3.08. The molecule has 1 aromatic carbocycles. The Balaban J connectivity index is 2.10. The summed E-state index contributed by atoms with van der Waals surface area (Å²) in [5, 5.41) is 2.55. The lowest BCUT2D eigenvalue weighted by molar-refractivity contribution is -0.138. The fourth-order valence-corrected chi connectivity index (χ4v) is 2.17. The molecule has 0 atom stereocenters. The zero-order valence-electron chi connectivity index (χ0n) is 12.4. The second kappa shape index (κ2) is 7.13. The van der Waals surface area contributed by atoms with E-state index in [1.54, 1.807) is 12.1 Å². The van der Waals surface area contributed by atoms with Crippen molar-refractivity contribution >= 4 is 5.91 Å². The third kappa shape index (κ3) is 4.21. The lowest BCUT2D eigenvalue weighted by Crippen LogP contribution is -2.27. The average molecular weight is 324 g/mol. The third-order valence-electron chi connectivity index (χ3n) is 3.22. The molecule has 4 nitrogen and oxygen atoms in total. The average Bonchev–Trinajstić information content (AvgIpc) is 2.54. The Hall–Kier alpha value is -2.57. The number of benzene rings is 1. The van der Waals surface area contributed by atoms with E-state index in [0.29, 0.717) is 0 Å². The summed E-state index contributed by atoms with van der Waals surface area (Å²) in [6, 6.07) is 8.60. The van der Waals surface area contributed by atoms with Crippen LogP contribution in [0.1, 0.15) is 21.6 Å². The van der Waals surface area contributed by atoms with E-state index < -0.39 is 17.6 Å². The largest absolute Gasteiger partial charge is 0.496 e. The first-order valence-corrected chi connectivity index (χ1v) is 6.86. The van der Waals surface area contributed by atoms with Gasteiger partial charge in [-0.05, 0) is 30.7 Å². The molecule has 122 valence electrons. The van der Waals surface area contributed by atoms with Crippen LogP contribution in [0.25, 0.3) is 0 Å². The van der Waals surface area contributed by atoms with Crippen molar-refractivity contribution in [3.8, 4) is 5.75 Å². The Bertz CT molecular complexity index is 673. The smallest absolute Gasteiger partial charge is 0.416 e. The van der Waals surface area contributed by atoms with Gasteiger partial charge in [-0.15, -0.1) is 0 Å². The molecule has 23 heavy (non-hydrogen) atoms. The molecule has 0 aliphatic heterocycles. The SMILES string of the molecule is COc1cccc(C(F)(F)F)c1CCNC(=O)c1ccccn1. The van der Waals surface area contributed by atoms with Gasteiger partial charge in [0.05, 0.1) is 12.7 Å². The van der Waals surface area contributed by atoms with Gasteiger partial charge >= 0.3 is 6.18 Å². The number of alkyl halides is 3. The van der Waals surface area contributed by atoms with Gasteiger partial charge in [0.2, 0.25) is 0 Å². The minimum absolute atomic E-state index is 0.00255. The van der Waals surface area contributed by atoms with Crippen LogP contribution in [0.5, 0.6) is 5.75 Å². The first-order valence-electron chi connectivity index (χ1n) is 6.86. The van der Waals surface area contributed by atoms with Crippen molar-refractivity contribution in [3.63, 3.8) is 0 Å². The van der Waals surface area contributed by atoms with Crippen molar-refractivity contribution in [1.82, 2.24) is 10.3 Å². The zero-order valence-corrected chi connectivity index (χ0v) is 12.4. The van der Waals surface area contributed by atoms with Crippen LogP contribution in [0, 0.1) is 0 Å². The summed E-state index contributed by atoms with van der Waals surface area (Å²) >= 11 is 0. The maximum Gasteiger partial charge on any atom is 0.416 e. The van der Waals surface area contributed by atoms with Gasteiger partial charge in [0.15, 0.2) is 0 Å². The zero-order chi connectivity index (χ0) is 16.9. The van der Waals surface area contributed by atoms with E-state index in [0.717, 1.165) is 6.07 Å². The summed E-state index contributed by atoms with van der Waals surface area (Å²) in [5.74, 6) is -0.291. The summed E-state index contributed by atoms with van der Waals surface area (Å²) in [7, 11) is 1.31. The second-order valence-electron chi connectivity index (χ2n) is 4.71. The molecule has 0 saturated carbocycles. The molecule has 7 heteroatoms. The van der Waals surface area contributed by atoms with E-state index >= 15 is 0 Å². The third-order valence-corrected chi connectivity index (χ3v) is 3.22. The van der Waals surface area contributed by atoms with Crippen LogP contribution in [-0.4, -0.2) is 24.5 Å². The summed E-state index contributed by atoms with van der Waals surface area (Å²) in [6.45, 7) is 0.0405. The molecule has 0 radical (unpaired) electrons. The highest BCUT2D eigenvalue weighted by Crippen LogP contribution is 2.36. The Morgan fingerprint density at radius 1 is 1.22 bits per heavy atom. The Morgan fingerprint density at radius 2 is 2.00 bits per heavy atom. The number of carbonyl (C=O) groups excluding carboxylic acids is 1. The molecule has 1 N–H and O–H groups in total. The molecule has 0 aliphatic carbocycles. The first kappa shape index (κ1) is 16.8. The lowest BCUT2D eigenvalue weighted by atomic mass is 10.0. The Morgan fingerprint density at radius 3 is 2.61 bits per heavy atom. The van der Waals surface area contributed by atoms with E-state index in [1.165, 1.54) is 31.5 Å². The van der Waals surface area contributed by atoms with Crippen LogP contribution < -0.4 is 10.1 Å². The molecule has 0 spiro atoms. The molecule has 0 saturated heterocycles. The summed E-state index contributed by atoms with van der Waals surface area (Å²) in [4.78, 5) is 15.7. The predicted molar refractivity (Wildman–Crippen MR) is 78.3 cm³/mol. The number of amides is 1. The van der Waals surface area contributed by atoms with E-state index in [2.05, 4.69) is 10.3 Å². The number of halogens is 3. The normalized spacial score (nSPS) is 11.1. The number of rotatable bonds is 5. The molecule has 1 amide bonds. The van der Waals surface area contributed by atoms with Gasteiger partial charge in [0, 0.05) is 18.3 Å². The number of methoxy groups -OCH3 is 1. The van der Waals surface area contributed by atoms with Crippen molar-refractivity contribution < 1.29 is 22.7 Å². The molecular weight excluding hydrogens is 309 g/mol. The van der Waals surface area contributed by atoms with Crippen LogP contribution in [0.2, 0.25) is 0 Å². The fourth-order valence-electron chi connectivity index (χ4n) is 2.17. The van der Waals surface area contributed by atoms with Gasteiger partial charge in [-0.3, -0.25) is 9.78 Å². The van der Waals surface area contributed by atoms with E-state index in [4.69, 9.17) is 4.74 Å². The van der Waals surface area contributed by atoms with Gasteiger partial charge in [-0.25, -0.2) is 0 Å². The summed E-state index contributed by atoms with van der Waals surface area (Å²) < 4.78 is 44.2. The number of aromatic nitrogens is 1. The van der Waals surface area contributed by atoms with E-state index in [1.807, 2.05) is 0 Å². The quantitative estimate of drug-likeness (QED) is 0.919. The van der Waals surface area contributed by atoms with Crippen molar-refractivity contribution in [2.45, 2.75) is 12.6 Å². The van der Waals surface area contributed by atoms with Gasteiger partial charge in [-0.2, -0.15) is 13.2 Å². The summed E-state index contributed by atoms with van der Waals surface area (Å²) in [6.07, 6.45) is -3.01. The molecule has 0 aliphatic rings. The van der Waals surface area contributed by atoms with Crippen LogP contribution in [0.4, 0.5) is 13.2 Å². The monoisotopic (exact) mass is 324 g/mol. The maximum atomic E-state index is 13.1. The molecule has 0 bridgehead atoms. The lowest BCUT2D eigenvalue weighted by Gasteiger charge is -2.16. The number of ether oxygens (including phenoxy) is 1. The number of hydrogen-bond acceptors (Lipinski definition) is 3. The number of hydrogen-bond donors (Lipinski definition) is 1. The minimum Gasteiger partial charge on any atom is -0.496 e. The molecule has 2 rings (SSSR count). The summed E-state index contributed by atoms with van der Waals surface area (Å²) in [5.41, 5.74) is -0.531.